The van der Waals surface area contributed by atoms with Crippen molar-refractivity contribution < 1.29 is 14.3 Å². The summed E-state index contributed by atoms with van der Waals surface area (Å²) in [5.41, 5.74) is 5.56. The highest BCUT2D eigenvalue weighted by Gasteiger charge is 2.21. The summed E-state index contributed by atoms with van der Waals surface area (Å²) in [4.78, 5) is 41.9. The lowest BCUT2D eigenvalue weighted by Gasteiger charge is -2.32. The third-order valence-electron chi connectivity index (χ3n) is 8.61. The lowest BCUT2D eigenvalue weighted by molar-refractivity contribution is 0.0664. The monoisotopic (exact) mass is 631 g/mol. The second kappa shape index (κ2) is 13.2. The Morgan fingerprint density at radius 1 is 0.745 bits per heavy atom. The van der Waals surface area contributed by atoms with Crippen LogP contribution in [-0.4, -0.2) is 101 Å². The quantitative estimate of drug-likeness (QED) is 0.280. The van der Waals surface area contributed by atoms with Gasteiger partial charge in [-0.05, 0) is 73.3 Å². The summed E-state index contributed by atoms with van der Waals surface area (Å²) < 4.78 is 7.39. The molecule has 0 spiro atoms. The molecule has 2 aromatic heterocycles. The molecule has 0 unspecified atom stereocenters. The van der Waals surface area contributed by atoms with Crippen LogP contribution < -0.4 is 15.5 Å². The molecule has 12 nitrogen and oxygen atoms in total. The number of morpholine rings is 1. The van der Waals surface area contributed by atoms with Crippen LogP contribution in [0.3, 0.4) is 0 Å². The number of rotatable bonds is 6. The van der Waals surface area contributed by atoms with E-state index in [0.717, 1.165) is 59.6 Å². The Balaban J connectivity index is 1.06. The van der Waals surface area contributed by atoms with Crippen molar-refractivity contribution in [3.8, 4) is 22.5 Å². The van der Waals surface area contributed by atoms with Crippen LogP contribution in [0.5, 0.6) is 0 Å². The Morgan fingerprint density at radius 2 is 1.40 bits per heavy atom. The SMILES string of the molecule is CN1CCN(C(=O)c2ccc(NC(=O)Nc3ccc(-c4nc(N5CCOCC5)c5ccc(-c6cnn(C)c6)cc5n4)cc3)cc2)CC1. The summed E-state index contributed by atoms with van der Waals surface area (Å²) in [7, 11) is 3.96. The van der Waals surface area contributed by atoms with Crippen LogP contribution in [0.4, 0.5) is 22.0 Å². The van der Waals surface area contributed by atoms with Crippen LogP contribution in [0.2, 0.25) is 0 Å². The van der Waals surface area contributed by atoms with E-state index >= 15 is 0 Å². The van der Waals surface area contributed by atoms with E-state index < -0.39 is 0 Å². The van der Waals surface area contributed by atoms with Crippen molar-refractivity contribution in [3.05, 3.63) is 84.7 Å². The van der Waals surface area contributed by atoms with E-state index in [1.54, 1.807) is 28.9 Å². The Morgan fingerprint density at radius 3 is 2.06 bits per heavy atom. The van der Waals surface area contributed by atoms with Gasteiger partial charge < -0.3 is 30.1 Å². The summed E-state index contributed by atoms with van der Waals surface area (Å²) in [5, 5.41) is 11.0. The molecule has 2 fully saturated rings. The van der Waals surface area contributed by atoms with Crippen molar-refractivity contribution in [1.82, 2.24) is 29.5 Å². The van der Waals surface area contributed by atoms with E-state index in [1.807, 2.05) is 48.6 Å². The molecular formula is C35H37N9O3. The van der Waals surface area contributed by atoms with Gasteiger partial charge in [0.15, 0.2) is 5.82 Å². The average molecular weight is 632 g/mol. The fourth-order valence-electron chi connectivity index (χ4n) is 5.89. The first kappa shape index (κ1) is 30.3. The number of carbonyl (C=O) groups excluding carboxylic acids is 2. The molecule has 2 aliphatic heterocycles. The number of anilines is 3. The third-order valence-corrected chi connectivity index (χ3v) is 8.61. The number of aromatic nitrogens is 4. The number of hydrogen-bond acceptors (Lipinski definition) is 8. The third kappa shape index (κ3) is 6.79. The second-order valence-electron chi connectivity index (χ2n) is 11.9. The minimum Gasteiger partial charge on any atom is -0.378 e. The zero-order chi connectivity index (χ0) is 32.3. The first-order chi connectivity index (χ1) is 22.9. The molecule has 3 aromatic carbocycles. The first-order valence-electron chi connectivity index (χ1n) is 15.8. The minimum atomic E-state index is -0.379. The van der Waals surface area contributed by atoms with E-state index in [-0.39, 0.29) is 11.9 Å². The number of nitrogens with one attached hydrogen (secondary N) is 2. The number of carbonyl (C=O) groups is 2. The Hall–Kier alpha value is -5.33. The summed E-state index contributed by atoms with van der Waals surface area (Å²) in [6.07, 6.45) is 3.83. The zero-order valence-electron chi connectivity index (χ0n) is 26.5. The maximum Gasteiger partial charge on any atom is 0.323 e. The highest BCUT2D eigenvalue weighted by Crippen LogP contribution is 2.32. The van der Waals surface area contributed by atoms with E-state index in [4.69, 9.17) is 14.7 Å². The average Bonchev–Trinajstić information content (AvgIpc) is 3.54. The number of aryl methyl sites for hydroxylation is 1. The van der Waals surface area contributed by atoms with Crippen LogP contribution in [0, 0.1) is 0 Å². The molecule has 12 heteroatoms. The van der Waals surface area contributed by atoms with E-state index in [1.165, 1.54) is 0 Å². The number of amides is 3. The Kier molecular flexibility index (Phi) is 8.51. The molecule has 2 N–H and O–H groups in total. The normalized spacial score (nSPS) is 15.5. The van der Waals surface area contributed by atoms with Crippen molar-refractivity contribution in [3.63, 3.8) is 0 Å². The maximum absolute atomic E-state index is 12.8. The van der Waals surface area contributed by atoms with Gasteiger partial charge in [-0.1, -0.05) is 6.07 Å². The van der Waals surface area contributed by atoms with E-state index in [9.17, 15) is 9.59 Å². The minimum absolute atomic E-state index is 0.00980. The van der Waals surface area contributed by atoms with Gasteiger partial charge in [-0.2, -0.15) is 5.10 Å². The standard InChI is InChI=1S/C35H37N9O3/c1-41-13-15-44(16-14-41)34(45)25-5-10-29(11-6-25)38-35(46)37-28-8-3-24(4-9-28)32-39-31-21-26(27-22-36-42(2)23-27)7-12-30(31)33(40-32)43-17-19-47-20-18-43/h3-12,21-23H,13-20H2,1-2H3,(H2,37,38,46). The predicted octanol–water partition coefficient (Wildman–Crippen LogP) is 4.57. The van der Waals surface area contributed by atoms with Gasteiger partial charge in [0.25, 0.3) is 5.91 Å². The van der Waals surface area contributed by atoms with Crippen LogP contribution in [-0.2, 0) is 11.8 Å². The highest BCUT2D eigenvalue weighted by molar-refractivity contribution is 6.01. The number of fused-ring (bicyclic) bond motifs is 1. The van der Waals surface area contributed by atoms with Gasteiger partial charge in [0.2, 0.25) is 0 Å². The van der Waals surface area contributed by atoms with Crippen molar-refractivity contribution >= 4 is 40.0 Å². The maximum atomic E-state index is 12.8. The molecule has 7 rings (SSSR count). The van der Waals surface area contributed by atoms with Crippen LogP contribution in [0.25, 0.3) is 33.4 Å². The van der Waals surface area contributed by atoms with Gasteiger partial charge in [-0.15, -0.1) is 0 Å². The van der Waals surface area contributed by atoms with Crippen LogP contribution in [0.15, 0.2) is 79.1 Å². The molecule has 2 aliphatic rings. The smallest absolute Gasteiger partial charge is 0.323 e. The summed E-state index contributed by atoms with van der Waals surface area (Å²) in [5.74, 6) is 1.49. The molecule has 2 saturated heterocycles. The molecule has 0 saturated carbocycles. The predicted molar refractivity (Wildman–Crippen MR) is 183 cm³/mol. The number of urea groups is 1. The number of likely N-dealkylation sites (N-methyl/N-ethyl adjacent to an activating group) is 1. The van der Waals surface area contributed by atoms with E-state index in [2.05, 4.69) is 50.8 Å². The van der Waals surface area contributed by atoms with Crippen LogP contribution in [0.1, 0.15) is 10.4 Å². The van der Waals surface area contributed by atoms with Crippen molar-refractivity contribution in [2.24, 2.45) is 7.05 Å². The molecule has 3 amide bonds. The van der Waals surface area contributed by atoms with E-state index in [0.29, 0.717) is 49.1 Å². The zero-order valence-corrected chi connectivity index (χ0v) is 26.5. The first-order valence-corrected chi connectivity index (χ1v) is 15.8. The second-order valence-corrected chi connectivity index (χ2v) is 11.9. The molecule has 240 valence electrons. The number of hydrogen-bond donors (Lipinski definition) is 2. The number of piperazine rings is 1. The molecule has 47 heavy (non-hydrogen) atoms. The molecule has 4 heterocycles. The number of nitrogens with zero attached hydrogens (tertiary/aromatic N) is 7. The molecule has 0 atom stereocenters. The Bertz CT molecular complexity index is 1890. The molecule has 0 bridgehead atoms. The number of ether oxygens (including phenoxy) is 1. The van der Waals surface area contributed by atoms with Gasteiger partial charge in [-0.25, -0.2) is 14.8 Å². The molecule has 5 aromatic rings. The summed E-state index contributed by atoms with van der Waals surface area (Å²) in [6, 6.07) is 20.3. The number of benzene rings is 3. The van der Waals surface area contributed by atoms with Crippen molar-refractivity contribution in [1.29, 1.82) is 0 Å². The topological polar surface area (TPSA) is 121 Å². The molecular weight excluding hydrogens is 594 g/mol. The van der Waals surface area contributed by atoms with Gasteiger partial charge >= 0.3 is 6.03 Å². The largest absolute Gasteiger partial charge is 0.378 e. The van der Waals surface area contributed by atoms with Gasteiger partial charge in [-0.3, -0.25) is 9.48 Å². The van der Waals surface area contributed by atoms with Gasteiger partial charge in [0, 0.05) is 86.0 Å². The fourth-order valence-corrected chi connectivity index (χ4v) is 5.89. The lowest BCUT2D eigenvalue weighted by Crippen LogP contribution is -2.47. The molecule has 0 aliphatic carbocycles. The lowest BCUT2D eigenvalue weighted by atomic mass is 10.1. The summed E-state index contributed by atoms with van der Waals surface area (Å²) >= 11 is 0. The fraction of sp³-hybridized carbons (Fsp3) is 0.286. The molecule has 0 radical (unpaired) electrons. The summed E-state index contributed by atoms with van der Waals surface area (Å²) in [6.45, 7) is 5.96. The Labute approximate surface area is 273 Å². The van der Waals surface area contributed by atoms with Crippen LogP contribution >= 0.6 is 0 Å². The van der Waals surface area contributed by atoms with Crippen molar-refractivity contribution in [2.45, 2.75) is 0 Å². The highest BCUT2D eigenvalue weighted by atomic mass is 16.5. The van der Waals surface area contributed by atoms with Crippen molar-refractivity contribution in [2.75, 3.05) is 75.1 Å². The van der Waals surface area contributed by atoms with Gasteiger partial charge in [0.05, 0.1) is 24.9 Å². The van der Waals surface area contributed by atoms with Gasteiger partial charge in [0.1, 0.15) is 5.82 Å².